The molecule has 0 amide bonds. The maximum Gasteiger partial charge on any atom is 0.116 e. The van der Waals surface area contributed by atoms with Crippen LogP contribution in [-0.4, -0.2) is 9.97 Å². The summed E-state index contributed by atoms with van der Waals surface area (Å²) in [5, 5.41) is 1.06. The van der Waals surface area contributed by atoms with Gasteiger partial charge in [-0.3, -0.25) is 0 Å². The lowest BCUT2D eigenvalue weighted by Gasteiger charge is -1.96. The standard InChI is InChI=1S/C10H8N2/c1-2-8-3-4-9-6-11-7-12-10(9)5-8/h2-7H,1H2. The molecule has 0 radical (unpaired) electrons. The van der Waals surface area contributed by atoms with Crippen LogP contribution in [0.25, 0.3) is 17.0 Å². The van der Waals surface area contributed by atoms with Crippen LogP contribution in [0.15, 0.2) is 37.3 Å². The number of fused-ring (bicyclic) bond motifs is 1. The van der Waals surface area contributed by atoms with Gasteiger partial charge in [0, 0.05) is 11.6 Å². The molecule has 0 unspecified atom stereocenters. The fourth-order valence-electron chi connectivity index (χ4n) is 1.12. The van der Waals surface area contributed by atoms with Crippen LogP contribution in [0.2, 0.25) is 0 Å². The van der Waals surface area contributed by atoms with Gasteiger partial charge in [0.1, 0.15) is 6.33 Å². The molecule has 0 aliphatic rings. The first-order chi connectivity index (χ1) is 5.90. The molecule has 12 heavy (non-hydrogen) atoms. The van der Waals surface area contributed by atoms with Crippen molar-refractivity contribution in [3.8, 4) is 0 Å². The first-order valence-electron chi connectivity index (χ1n) is 3.72. The molecule has 2 nitrogen and oxygen atoms in total. The Labute approximate surface area is 70.6 Å². The topological polar surface area (TPSA) is 25.8 Å². The van der Waals surface area contributed by atoms with Gasteiger partial charge in [-0.2, -0.15) is 0 Å². The van der Waals surface area contributed by atoms with Crippen molar-refractivity contribution >= 4 is 17.0 Å². The zero-order valence-corrected chi connectivity index (χ0v) is 6.57. The monoisotopic (exact) mass is 156 g/mol. The van der Waals surface area contributed by atoms with Gasteiger partial charge in [-0.05, 0) is 11.6 Å². The third-order valence-corrected chi connectivity index (χ3v) is 1.77. The van der Waals surface area contributed by atoms with Crippen molar-refractivity contribution in [1.29, 1.82) is 0 Å². The van der Waals surface area contributed by atoms with Crippen molar-refractivity contribution in [3.05, 3.63) is 42.9 Å². The lowest BCUT2D eigenvalue weighted by Crippen LogP contribution is -1.81. The summed E-state index contributed by atoms with van der Waals surface area (Å²) in [5.41, 5.74) is 2.05. The first-order valence-corrected chi connectivity index (χ1v) is 3.72. The molecule has 2 rings (SSSR count). The fraction of sp³-hybridized carbons (Fsp3) is 0. The Balaban J connectivity index is 2.75. The van der Waals surface area contributed by atoms with E-state index in [0.717, 1.165) is 16.5 Å². The molecule has 58 valence electrons. The van der Waals surface area contributed by atoms with Crippen molar-refractivity contribution in [2.24, 2.45) is 0 Å². The minimum Gasteiger partial charge on any atom is -0.244 e. The largest absolute Gasteiger partial charge is 0.244 e. The summed E-state index contributed by atoms with van der Waals surface area (Å²) in [4.78, 5) is 8.06. The Morgan fingerprint density at radius 2 is 2.25 bits per heavy atom. The third-order valence-electron chi connectivity index (χ3n) is 1.77. The zero-order chi connectivity index (χ0) is 8.39. The predicted octanol–water partition coefficient (Wildman–Crippen LogP) is 2.27. The SMILES string of the molecule is C=Cc1ccc2cncnc2c1. The van der Waals surface area contributed by atoms with Gasteiger partial charge < -0.3 is 0 Å². The third kappa shape index (κ3) is 1.07. The maximum absolute atomic E-state index is 4.13. The average Bonchev–Trinajstić information content (AvgIpc) is 2.17. The van der Waals surface area contributed by atoms with E-state index >= 15 is 0 Å². The van der Waals surface area contributed by atoms with Crippen molar-refractivity contribution in [3.63, 3.8) is 0 Å². The van der Waals surface area contributed by atoms with Crippen LogP contribution in [0.4, 0.5) is 0 Å². The maximum atomic E-state index is 4.13. The number of benzene rings is 1. The van der Waals surface area contributed by atoms with Crippen molar-refractivity contribution < 1.29 is 0 Å². The van der Waals surface area contributed by atoms with Crippen LogP contribution in [0, 0.1) is 0 Å². The summed E-state index contributed by atoms with van der Waals surface area (Å²) in [5.74, 6) is 0. The Morgan fingerprint density at radius 1 is 1.33 bits per heavy atom. The number of aromatic nitrogens is 2. The van der Waals surface area contributed by atoms with Crippen LogP contribution in [0.1, 0.15) is 5.56 Å². The highest BCUT2D eigenvalue weighted by molar-refractivity contribution is 5.79. The van der Waals surface area contributed by atoms with Crippen molar-refractivity contribution in [2.45, 2.75) is 0 Å². The van der Waals surface area contributed by atoms with E-state index in [1.54, 1.807) is 12.5 Å². The second kappa shape index (κ2) is 2.74. The number of hydrogen-bond donors (Lipinski definition) is 0. The average molecular weight is 156 g/mol. The Morgan fingerprint density at radius 3 is 3.08 bits per heavy atom. The lowest BCUT2D eigenvalue weighted by atomic mass is 10.1. The molecule has 0 saturated carbocycles. The Kier molecular flexibility index (Phi) is 1.59. The van der Waals surface area contributed by atoms with Crippen molar-refractivity contribution in [1.82, 2.24) is 9.97 Å². The van der Waals surface area contributed by atoms with E-state index in [1.807, 2.05) is 24.3 Å². The minimum atomic E-state index is 0.961. The molecule has 2 heteroatoms. The summed E-state index contributed by atoms with van der Waals surface area (Å²) >= 11 is 0. The van der Waals surface area contributed by atoms with Crippen LogP contribution < -0.4 is 0 Å². The molecule has 0 saturated heterocycles. The van der Waals surface area contributed by atoms with Crippen molar-refractivity contribution in [2.75, 3.05) is 0 Å². The molecule has 0 fully saturated rings. The molecule has 0 spiro atoms. The van der Waals surface area contributed by atoms with Gasteiger partial charge >= 0.3 is 0 Å². The van der Waals surface area contributed by atoms with Gasteiger partial charge in [0.05, 0.1) is 5.52 Å². The highest BCUT2D eigenvalue weighted by Gasteiger charge is 1.92. The van der Waals surface area contributed by atoms with Crippen LogP contribution in [0.3, 0.4) is 0 Å². The Bertz CT molecular complexity index is 421. The number of nitrogens with zero attached hydrogens (tertiary/aromatic N) is 2. The van der Waals surface area contributed by atoms with Gasteiger partial charge in [0.25, 0.3) is 0 Å². The first kappa shape index (κ1) is 6.98. The fourth-order valence-corrected chi connectivity index (χ4v) is 1.12. The van der Waals surface area contributed by atoms with Crippen LogP contribution >= 0.6 is 0 Å². The predicted molar refractivity (Wildman–Crippen MR) is 49.6 cm³/mol. The molecular weight excluding hydrogens is 148 g/mol. The minimum absolute atomic E-state index is 0.961. The van der Waals surface area contributed by atoms with Gasteiger partial charge in [-0.1, -0.05) is 24.8 Å². The van der Waals surface area contributed by atoms with E-state index in [1.165, 1.54) is 0 Å². The number of rotatable bonds is 1. The molecule has 1 heterocycles. The van der Waals surface area contributed by atoms with Gasteiger partial charge in [-0.15, -0.1) is 0 Å². The summed E-state index contributed by atoms with van der Waals surface area (Å²) in [6.45, 7) is 3.69. The van der Waals surface area contributed by atoms with E-state index in [9.17, 15) is 0 Å². The second-order valence-electron chi connectivity index (χ2n) is 2.55. The highest BCUT2D eigenvalue weighted by Crippen LogP contribution is 2.12. The summed E-state index contributed by atoms with van der Waals surface area (Å²) in [6.07, 6.45) is 5.16. The molecule has 1 aromatic heterocycles. The van der Waals surface area contributed by atoms with E-state index in [4.69, 9.17) is 0 Å². The molecule has 0 aliphatic heterocycles. The van der Waals surface area contributed by atoms with E-state index < -0.39 is 0 Å². The second-order valence-corrected chi connectivity index (χ2v) is 2.55. The molecule has 0 atom stereocenters. The van der Waals surface area contributed by atoms with Gasteiger partial charge in [-0.25, -0.2) is 9.97 Å². The normalized spacial score (nSPS) is 10.0. The van der Waals surface area contributed by atoms with Gasteiger partial charge in [0.2, 0.25) is 0 Å². The van der Waals surface area contributed by atoms with E-state index in [0.29, 0.717) is 0 Å². The highest BCUT2D eigenvalue weighted by atomic mass is 14.8. The quantitative estimate of drug-likeness (QED) is 0.633. The van der Waals surface area contributed by atoms with Gasteiger partial charge in [0.15, 0.2) is 0 Å². The van der Waals surface area contributed by atoms with Crippen LogP contribution in [-0.2, 0) is 0 Å². The summed E-state index contributed by atoms with van der Waals surface area (Å²) in [6, 6.07) is 5.98. The number of hydrogen-bond acceptors (Lipinski definition) is 2. The molecule has 0 N–H and O–H groups in total. The molecule has 1 aromatic carbocycles. The smallest absolute Gasteiger partial charge is 0.116 e. The molecule has 0 aliphatic carbocycles. The zero-order valence-electron chi connectivity index (χ0n) is 6.57. The lowest BCUT2D eigenvalue weighted by molar-refractivity contribution is 1.22. The van der Waals surface area contributed by atoms with Crippen LogP contribution in [0.5, 0.6) is 0 Å². The Hall–Kier alpha value is -1.70. The molecule has 2 aromatic rings. The summed E-state index contributed by atoms with van der Waals surface area (Å²) in [7, 11) is 0. The molecular formula is C10H8N2. The molecule has 0 bridgehead atoms. The van der Waals surface area contributed by atoms with E-state index in [2.05, 4.69) is 16.5 Å². The summed E-state index contributed by atoms with van der Waals surface area (Å²) < 4.78 is 0. The van der Waals surface area contributed by atoms with E-state index in [-0.39, 0.29) is 0 Å².